The number of ketones is 2. The molecule has 0 saturated heterocycles. The zero-order valence-electron chi connectivity index (χ0n) is 36.6. The summed E-state index contributed by atoms with van der Waals surface area (Å²) >= 11 is 24.3. The number of carbonyl (C=O) groups excluding carboxylic acids is 2. The van der Waals surface area contributed by atoms with Crippen LogP contribution in [0.3, 0.4) is 0 Å². The summed E-state index contributed by atoms with van der Waals surface area (Å²) in [6.45, 7) is 3.96. The van der Waals surface area contributed by atoms with E-state index in [0.29, 0.717) is 54.0 Å². The fourth-order valence-electron chi connectivity index (χ4n) is 10.7. The Morgan fingerprint density at radius 3 is 1.66 bits per heavy atom. The van der Waals surface area contributed by atoms with Gasteiger partial charge in [-0.3, -0.25) is 19.2 Å². The van der Waals surface area contributed by atoms with Crippen LogP contribution in [0.25, 0.3) is 0 Å². The van der Waals surface area contributed by atoms with Gasteiger partial charge in [0.05, 0.1) is 50.4 Å². The average molecular weight is 1000 g/mol. The molecule has 7 N–H and O–H groups in total. The number of hydrogen-bond donors (Lipinski definition) is 7. The Hall–Kier alpha value is -4.86. The van der Waals surface area contributed by atoms with Gasteiger partial charge in [-0.25, -0.2) is 8.78 Å². The van der Waals surface area contributed by atoms with Gasteiger partial charge in [0.2, 0.25) is 0 Å². The molecule has 3 saturated carbocycles. The first-order chi connectivity index (χ1) is 31.5. The molecule has 3 fully saturated rings. The molecule has 0 aliphatic heterocycles. The first kappa shape index (κ1) is 51.5. The zero-order valence-corrected chi connectivity index (χ0v) is 39.6. The van der Waals surface area contributed by atoms with Gasteiger partial charge in [0.1, 0.15) is 18.4 Å². The van der Waals surface area contributed by atoms with Gasteiger partial charge in [-0.1, -0.05) is 115 Å². The van der Waals surface area contributed by atoms with Gasteiger partial charge < -0.3 is 36.2 Å². The minimum Gasteiger partial charge on any atom is -0.481 e. The van der Waals surface area contributed by atoms with Crippen LogP contribution in [0.15, 0.2) is 109 Å². The highest BCUT2D eigenvalue weighted by atomic mass is 35.5. The molecular formula is C50H50Cl4F2N2O9. The van der Waals surface area contributed by atoms with Gasteiger partial charge in [-0.05, 0) is 103 Å². The van der Waals surface area contributed by atoms with E-state index in [0.717, 1.165) is 6.08 Å². The van der Waals surface area contributed by atoms with Crippen LogP contribution in [0.2, 0.25) is 20.1 Å². The lowest BCUT2D eigenvalue weighted by atomic mass is 9.44. The van der Waals surface area contributed by atoms with Gasteiger partial charge in [-0.15, -0.1) is 0 Å². The van der Waals surface area contributed by atoms with E-state index in [2.05, 4.69) is 10.6 Å². The molecular weight excluding hydrogens is 952 g/mol. The van der Waals surface area contributed by atoms with Gasteiger partial charge in [0.25, 0.3) is 0 Å². The van der Waals surface area contributed by atoms with Crippen molar-refractivity contribution in [2.75, 3.05) is 17.2 Å². The molecule has 4 aliphatic rings. The second kappa shape index (κ2) is 20.4. The van der Waals surface area contributed by atoms with E-state index in [-0.39, 0.29) is 37.7 Å². The highest BCUT2D eigenvalue weighted by molar-refractivity contribution is 6.40. The summed E-state index contributed by atoms with van der Waals surface area (Å²) in [6.07, 6.45) is 0.299. The van der Waals surface area contributed by atoms with E-state index in [1.807, 2.05) is 12.1 Å². The maximum atomic E-state index is 16.9. The summed E-state index contributed by atoms with van der Waals surface area (Å²) in [5.41, 5.74) is -2.96. The van der Waals surface area contributed by atoms with Crippen LogP contribution in [-0.4, -0.2) is 79.2 Å². The number of carboxylic acids is 2. The molecule has 9 atom stereocenters. The number of Topliss-reactive ketones (excluding diaryl/α,β-unsaturated/α-hetero) is 1. The smallest absolute Gasteiger partial charge is 0.307 e. The molecule has 8 rings (SSSR count). The summed E-state index contributed by atoms with van der Waals surface area (Å²) in [6, 6.07) is 24.7. The quantitative estimate of drug-likeness (QED) is 0.0799. The van der Waals surface area contributed by atoms with Gasteiger partial charge >= 0.3 is 11.9 Å². The largest absolute Gasteiger partial charge is 0.481 e. The standard InChI is InChI=1S/C22H28F2O5.2C14H11Cl2NO2/c1-11-6-13-14-8-16(23)15-7-12(26)4-5-19(15,2)21(14,24)17(27)9-20(13,3)22(11,29)18(28)10-25;2*15-10-5-3-6-11(16)14(10)17-12-7-2-1-4-9(12)8-13(18)19/h4-5,7,11,13-14,16-17,25,27,29H,6,8-10H2,1-3H3;2*1-7,17H,8H2,(H,18,19)/t11-,13-,14-,16-,17-,19-,20-,21-,22-;;/m0../s1. The average Bonchev–Trinajstić information content (AvgIpc) is 3.47. The topological polar surface area (TPSA) is 193 Å². The molecule has 0 bridgehead atoms. The van der Waals surface area contributed by atoms with Crippen molar-refractivity contribution in [3.05, 3.63) is 140 Å². The molecule has 17 heteroatoms. The Kier molecular flexibility index (Phi) is 15.7. The highest BCUT2D eigenvalue weighted by Crippen LogP contribution is 2.71. The molecule has 0 amide bonds. The molecule has 0 aromatic heterocycles. The number of allylic oxidation sites excluding steroid dienone is 4. The molecule has 11 nitrogen and oxygen atoms in total. The molecule has 67 heavy (non-hydrogen) atoms. The van der Waals surface area contributed by atoms with E-state index >= 15 is 8.78 Å². The number of carboxylic acid groups (broad SMARTS) is 2. The number of aliphatic hydroxyl groups is 3. The van der Waals surface area contributed by atoms with Crippen LogP contribution in [0.5, 0.6) is 0 Å². The summed E-state index contributed by atoms with van der Waals surface area (Å²) < 4.78 is 32.1. The Morgan fingerprint density at radius 2 is 1.21 bits per heavy atom. The Balaban J connectivity index is 0.000000172. The van der Waals surface area contributed by atoms with Crippen LogP contribution in [0.1, 0.15) is 51.2 Å². The number of anilines is 4. The van der Waals surface area contributed by atoms with Gasteiger partial charge in [-0.2, -0.15) is 0 Å². The predicted molar refractivity (Wildman–Crippen MR) is 255 cm³/mol. The minimum atomic E-state index is -2.24. The highest BCUT2D eigenvalue weighted by Gasteiger charge is 2.76. The van der Waals surface area contributed by atoms with Crippen molar-refractivity contribution in [2.45, 2.75) is 76.4 Å². The molecule has 356 valence electrons. The van der Waals surface area contributed by atoms with Gasteiger partial charge in [0, 0.05) is 28.1 Å². The third-order valence-corrected chi connectivity index (χ3v) is 15.2. The predicted octanol–water partition coefficient (Wildman–Crippen LogP) is 10.6. The maximum Gasteiger partial charge on any atom is 0.307 e. The normalized spacial score (nSPS) is 29.0. The summed E-state index contributed by atoms with van der Waals surface area (Å²) in [4.78, 5) is 46.0. The van der Waals surface area contributed by atoms with Crippen LogP contribution in [-0.2, 0) is 32.0 Å². The number of fused-ring (bicyclic) bond motifs is 5. The monoisotopic (exact) mass is 1000 g/mol. The van der Waals surface area contributed by atoms with Crippen molar-refractivity contribution in [3.63, 3.8) is 0 Å². The lowest BCUT2D eigenvalue weighted by Gasteiger charge is -2.63. The number of hydrogen-bond acceptors (Lipinski definition) is 9. The van der Waals surface area contributed by atoms with Crippen molar-refractivity contribution in [1.29, 1.82) is 0 Å². The number of halogens is 6. The van der Waals surface area contributed by atoms with Crippen molar-refractivity contribution >= 4 is 92.7 Å². The number of para-hydroxylation sites is 4. The van der Waals surface area contributed by atoms with E-state index in [4.69, 9.17) is 56.6 Å². The fourth-order valence-corrected chi connectivity index (χ4v) is 11.7. The van der Waals surface area contributed by atoms with E-state index in [1.54, 1.807) is 86.6 Å². The lowest BCUT2D eigenvalue weighted by Crippen LogP contribution is -2.70. The minimum absolute atomic E-state index is 0.0409. The number of carbonyl (C=O) groups is 4. The van der Waals surface area contributed by atoms with E-state index in [9.17, 15) is 34.5 Å². The van der Waals surface area contributed by atoms with E-state index < -0.39 is 82.2 Å². The SMILES string of the molecule is C[C@H]1C[C@H]2[C@@H]3C[C@H](F)C4=CC(=O)C=C[C@]4(C)[C@@]3(F)[C@@H](O)C[C@]2(C)[C@@]1(O)C(=O)CO.O=C(O)Cc1ccccc1Nc1c(Cl)cccc1Cl.O=C(O)Cc1ccccc1Nc1c(Cl)cccc1Cl. The Morgan fingerprint density at radius 1 is 0.746 bits per heavy atom. The third-order valence-electron chi connectivity index (χ3n) is 13.9. The molecule has 4 aliphatic carbocycles. The molecule has 0 radical (unpaired) electrons. The molecule has 0 spiro atoms. The number of alkyl halides is 2. The molecule has 4 aromatic carbocycles. The Labute approximate surface area is 406 Å². The number of aliphatic carboxylic acids is 2. The maximum absolute atomic E-state index is 16.9. The summed E-state index contributed by atoms with van der Waals surface area (Å²) in [7, 11) is 0. The summed E-state index contributed by atoms with van der Waals surface area (Å²) in [5.74, 6) is -5.02. The van der Waals surface area contributed by atoms with Crippen molar-refractivity contribution in [2.24, 2.45) is 28.6 Å². The first-order valence-corrected chi connectivity index (χ1v) is 22.9. The van der Waals surface area contributed by atoms with E-state index in [1.165, 1.54) is 19.1 Å². The van der Waals surface area contributed by atoms with Crippen LogP contribution in [0, 0.1) is 28.6 Å². The Bertz CT molecular complexity index is 2480. The van der Waals surface area contributed by atoms with Gasteiger partial charge in [0.15, 0.2) is 17.2 Å². The van der Waals surface area contributed by atoms with Crippen LogP contribution in [0.4, 0.5) is 31.5 Å². The molecule has 0 heterocycles. The lowest BCUT2D eigenvalue weighted by molar-refractivity contribution is -0.223. The number of aliphatic hydroxyl groups excluding tert-OH is 2. The number of rotatable bonds is 10. The van der Waals surface area contributed by atoms with Crippen molar-refractivity contribution < 1.29 is 53.5 Å². The van der Waals surface area contributed by atoms with Crippen molar-refractivity contribution in [3.8, 4) is 0 Å². The van der Waals surface area contributed by atoms with Crippen molar-refractivity contribution in [1.82, 2.24) is 0 Å². The first-order valence-electron chi connectivity index (χ1n) is 21.4. The molecule has 0 unspecified atom stereocenters. The van der Waals surface area contributed by atoms with Crippen LogP contribution >= 0.6 is 46.4 Å². The van der Waals surface area contributed by atoms with Crippen LogP contribution < -0.4 is 10.6 Å². The third kappa shape index (κ3) is 9.74. The molecule has 4 aromatic rings. The number of benzene rings is 4. The second-order valence-electron chi connectivity index (χ2n) is 17.7. The number of nitrogens with one attached hydrogen (secondary N) is 2. The zero-order chi connectivity index (χ0) is 49.2. The fraction of sp³-hybridized carbons (Fsp3) is 0.360. The second-order valence-corrected chi connectivity index (χ2v) is 19.4. The summed E-state index contributed by atoms with van der Waals surface area (Å²) in [5, 5.41) is 57.8.